The van der Waals surface area contributed by atoms with E-state index in [1.165, 1.54) is 31.8 Å². The van der Waals surface area contributed by atoms with Gasteiger partial charge in [0.2, 0.25) is 0 Å². The molecule has 3 aliphatic rings. The molecule has 3 fully saturated rings. The fourth-order valence-corrected chi connectivity index (χ4v) is 19.2. The van der Waals surface area contributed by atoms with E-state index in [-0.39, 0.29) is 44.7 Å². The number of hydrogen-bond acceptors (Lipinski definition) is 12. The van der Waals surface area contributed by atoms with Crippen LogP contribution in [0.5, 0.6) is 0 Å². The summed E-state index contributed by atoms with van der Waals surface area (Å²) in [5, 5.41) is 53.4. The van der Waals surface area contributed by atoms with E-state index >= 15 is 0 Å². The molecule has 3 aliphatic carbocycles. The first-order valence-corrected chi connectivity index (χ1v) is 46.7. The average Bonchev–Trinajstić information content (AvgIpc) is 1.63. The van der Waals surface area contributed by atoms with Gasteiger partial charge < -0.3 is 32.5 Å². The SMILES string of the molecule is C#CC1(O)CCCC1=O.NC(=O)c1nn(-c2cccc(C#C[C@@]3(O)CCCC3=O)c2)c2ccccc12.NC(=O)c1nn(-c2cccc(C#C[C@]3(O)CCCC3=O)c2)c2ccccc12.NC(=O)c1nn(-c2cccc(I)c2)c2ccccc12.[Cl][Pd][Cl].c1ccc(P(c2ccccc2)c2ccccc2)cc1.c1ccc(P(c2ccccc2)c2ccccc2)cc1. The second kappa shape index (κ2) is 43.1. The summed E-state index contributed by atoms with van der Waals surface area (Å²) in [7, 11) is 8.74. The van der Waals surface area contributed by atoms with Crippen LogP contribution < -0.4 is 49.0 Å². The maximum Gasteiger partial charge on any atom is -0.0134 e. The monoisotopic (exact) mass is 1910 g/mol. The Morgan fingerprint density at radius 1 is 0.374 bits per heavy atom. The number of carbonyl (C=O) groups excluding carboxylic acids is 6. The maximum absolute atomic E-state index is 11.8. The first kappa shape index (κ1) is 90.1. The molecule has 0 spiro atoms. The molecule has 24 heteroatoms. The molecule has 3 aromatic heterocycles. The van der Waals surface area contributed by atoms with Crippen molar-refractivity contribution in [2.24, 2.45) is 17.2 Å². The molecule has 0 aliphatic heterocycles. The number of rotatable bonds is 12. The number of ketones is 3. The van der Waals surface area contributed by atoms with Gasteiger partial charge in [-0.3, -0.25) is 28.8 Å². The van der Waals surface area contributed by atoms with Gasteiger partial charge in [0, 0.05) is 50.1 Å². The summed E-state index contributed by atoms with van der Waals surface area (Å²) in [4.78, 5) is 69.2. The van der Waals surface area contributed by atoms with Crippen molar-refractivity contribution in [3.63, 3.8) is 0 Å². The summed E-state index contributed by atoms with van der Waals surface area (Å²) in [6.07, 6.45) is 9.28. The normalized spacial score (nSPS) is 16.0. The van der Waals surface area contributed by atoms with Gasteiger partial charge in [-0.25, -0.2) is 14.0 Å². The van der Waals surface area contributed by atoms with E-state index in [4.69, 9.17) is 42.7 Å². The fraction of sp³-hybridized carbons (Fsp3) is 0.121. The largest absolute Gasteiger partial charge is 0.0622 e. The van der Waals surface area contributed by atoms with E-state index in [1.54, 1.807) is 62.6 Å². The predicted octanol–water partition coefficient (Wildman–Crippen LogP) is 15.0. The van der Waals surface area contributed by atoms with Gasteiger partial charge in [0.15, 0.2) is 51.2 Å². The number of halogens is 3. The van der Waals surface area contributed by atoms with E-state index in [2.05, 4.69) is 249 Å². The number of benzene rings is 12. The fourth-order valence-electron chi connectivity index (χ4n) is 14.1. The van der Waals surface area contributed by atoms with Crippen LogP contribution in [0.3, 0.4) is 0 Å². The maximum atomic E-state index is 11.8. The van der Waals surface area contributed by atoms with Crippen molar-refractivity contribution in [2.75, 3.05) is 0 Å². The predicted molar refractivity (Wildman–Crippen MR) is 497 cm³/mol. The van der Waals surface area contributed by atoms with Crippen molar-refractivity contribution in [2.45, 2.75) is 74.6 Å². The molecule has 0 saturated heterocycles. The van der Waals surface area contributed by atoms with Crippen LogP contribution in [0.4, 0.5) is 0 Å². The molecule has 3 atom stereocenters. The third-order valence-electron chi connectivity index (χ3n) is 20.1. The summed E-state index contributed by atoms with van der Waals surface area (Å²) >= 11 is 2.14. The third-order valence-corrected chi connectivity index (χ3v) is 25.6. The molecule has 0 radical (unpaired) electrons. The van der Waals surface area contributed by atoms with E-state index in [9.17, 15) is 44.1 Å². The second-order valence-corrected chi connectivity index (χ2v) is 36.3. The molecule has 9 N–H and O–H groups in total. The third kappa shape index (κ3) is 22.8. The molecule has 3 heterocycles. The van der Waals surface area contributed by atoms with Gasteiger partial charge in [0.1, 0.15) is 0 Å². The Labute approximate surface area is 744 Å². The van der Waals surface area contributed by atoms with E-state index in [1.807, 2.05) is 97.1 Å². The van der Waals surface area contributed by atoms with Crippen LogP contribution in [0.1, 0.15) is 100 Å². The zero-order chi connectivity index (χ0) is 86.9. The summed E-state index contributed by atoms with van der Waals surface area (Å²) in [6, 6.07) is 109. The van der Waals surface area contributed by atoms with E-state index in [0.29, 0.717) is 90.3 Å². The van der Waals surface area contributed by atoms with Crippen LogP contribution in [0.15, 0.2) is 328 Å². The van der Waals surface area contributed by atoms with Gasteiger partial charge in [-0.1, -0.05) is 284 Å². The molecule has 15 aromatic rings. The topological polar surface area (TPSA) is 295 Å². The van der Waals surface area contributed by atoms with Crippen molar-refractivity contribution in [3.8, 4) is 53.1 Å². The Bertz CT molecular complexity index is 5960. The Morgan fingerprint density at radius 3 is 0.870 bits per heavy atom. The number of fused-ring (bicyclic) bond motifs is 3. The number of nitrogens with zero attached hydrogens (tertiary/aromatic N) is 6. The van der Waals surface area contributed by atoms with Gasteiger partial charge in [0.05, 0.1) is 33.6 Å². The van der Waals surface area contributed by atoms with Crippen LogP contribution in [0.2, 0.25) is 0 Å². The van der Waals surface area contributed by atoms with Crippen molar-refractivity contribution in [1.82, 2.24) is 29.3 Å². The van der Waals surface area contributed by atoms with Crippen molar-refractivity contribution < 1.29 is 60.0 Å². The molecule has 12 aromatic carbocycles. The number of aromatic nitrogens is 6. The van der Waals surface area contributed by atoms with E-state index < -0.39 is 50.4 Å². The number of para-hydroxylation sites is 3. The van der Waals surface area contributed by atoms with Gasteiger partial charge in [-0.05, 0) is 182 Å². The minimum absolute atomic E-state index is 0.106. The minimum Gasteiger partial charge on any atom is -0.0622 e. The van der Waals surface area contributed by atoms with E-state index in [0.717, 1.165) is 37.6 Å². The molecule has 618 valence electrons. The quantitative estimate of drug-likeness (QED) is 0.0288. The number of carbonyl (C=O) groups is 6. The molecule has 18 nitrogen and oxygen atoms in total. The zero-order valence-corrected chi connectivity index (χ0v) is 73.2. The van der Waals surface area contributed by atoms with Crippen LogP contribution in [-0.4, -0.2) is 96.5 Å². The Morgan fingerprint density at radius 2 is 0.626 bits per heavy atom. The summed E-state index contributed by atoms with van der Waals surface area (Å²) in [5.74, 6) is 11.0. The molecule has 1 unspecified atom stereocenters. The van der Waals surface area contributed by atoms with Crippen molar-refractivity contribution >= 4 is 157 Å². The number of terminal acetylenes is 1. The summed E-state index contributed by atoms with van der Waals surface area (Å²) in [5.41, 5.74) is 18.5. The summed E-state index contributed by atoms with van der Waals surface area (Å²) < 4.78 is 6.12. The standard InChI is InChI=1S/2C21H17N3O3.2C18H15P.C14H10IN3O.C7H8O2.2ClH.Pd/c2*22-20(26)19-16-7-1-2-8-17(16)24(23-19)15-6-3-5-14(13-15)10-12-21(27)11-4-9-18(21)25;2*1-4-10-16(11-5-1)19(17-12-6-2-7-13-17)18-14-8-3-9-15-18;15-9-4-3-5-10(8-9)18-12-7-2-1-6-11(12)13(17-18)14(16)19;1-2-7(9)5-3-4-6(7)8;;;/h2*1-3,5-8,13,27H,4,9,11H2,(H2,22,26);2*1-15H;1-8H,(H2,16,19);1,9H,3-5H2;2*1H;/q;;;;;;;;+2/p-2/t2*21-;;;;;;;/m10......./s1. The first-order chi connectivity index (χ1) is 59.6. The smallest absolute Gasteiger partial charge is 0.0134 e. The van der Waals surface area contributed by atoms with Crippen molar-refractivity contribution in [1.29, 1.82) is 0 Å². The number of nitrogens with two attached hydrogens (primary N) is 3. The van der Waals surface area contributed by atoms with Gasteiger partial charge in [-0.15, -0.1) is 6.42 Å². The van der Waals surface area contributed by atoms with Gasteiger partial charge in [0.25, 0.3) is 17.7 Å². The Balaban J connectivity index is 0.000000137. The summed E-state index contributed by atoms with van der Waals surface area (Å²) in [6.45, 7) is 0. The van der Waals surface area contributed by atoms with Crippen LogP contribution in [-0.2, 0) is 30.3 Å². The van der Waals surface area contributed by atoms with Crippen LogP contribution >= 0.6 is 57.5 Å². The van der Waals surface area contributed by atoms with Crippen LogP contribution in [0.25, 0.3) is 49.8 Å². The molecule has 18 rings (SSSR count). The molecular weight excluding hydrogens is 1830 g/mol. The van der Waals surface area contributed by atoms with Crippen LogP contribution in [0, 0.1) is 39.6 Å². The first-order valence-electron chi connectivity index (χ1n) is 39.0. The molecule has 3 amide bonds. The number of aliphatic hydroxyl groups is 3. The number of amides is 3. The Hall–Kier alpha value is -12.1. The molecular formula is C99H82Cl2IN9O9P2Pd. The van der Waals surface area contributed by atoms with Gasteiger partial charge in [-0.2, -0.15) is 15.3 Å². The molecule has 3 saturated carbocycles. The Kier molecular flexibility index (Phi) is 31.6. The number of primary amides is 3. The zero-order valence-electron chi connectivity index (χ0n) is 66.2. The molecule has 123 heavy (non-hydrogen) atoms. The average molecular weight is 1910 g/mol. The van der Waals surface area contributed by atoms with Gasteiger partial charge >= 0.3 is 35.0 Å². The number of Topliss-reactive ketones (excluding diaryl/α,β-unsaturated/α-hetero) is 3. The second-order valence-electron chi connectivity index (χ2n) is 28.3. The molecule has 0 bridgehead atoms. The van der Waals surface area contributed by atoms with Crippen molar-refractivity contribution in [3.05, 3.63) is 359 Å². The number of hydrogen-bond donors (Lipinski definition) is 6. The minimum atomic E-state index is -1.55.